The molecule has 2 aromatic rings. The average molecular weight is 266 g/mol. The Bertz CT molecular complexity index is 591. The molecule has 1 N–H and O–H groups in total. The number of nitrogens with zero attached hydrogens (tertiary/aromatic N) is 1. The highest BCUT2D eigenvalue weighted by Gasteiger charge is 2.21. The van der Waals surface area contributed by atoms with Gasteiger partial charge >= 0.3 is 0 Å². The number of aryl methyl sites for hydroxylation is 1. The topological polar surface area (TPSA) is 15.3 Å². The molecule has 104 valence electrons. The summed E-state index contributed by atoms with van der Waals surface area (Å²) in [7, 11) is 2.20. The number of likely N-dealkylation sites (N-methyl/N-ethyl adjacent to an activating group) is 1. The minimum Gasteiger partial charge on any atom is -0.385 e. The van der Waals surface area contributed by atoms with Crippen LogP contribution < -0.4 is 10.2 Å². The van der Waals surface area contributed by atoms with Crippen molar-refractivity contribution in [2.75, 3.05) is 30.4 Å². The zero-order valence-electron chi connectivity index (χ0n) is 12.3. The zero-order chi connectivity index (χ0) is 13.9. The highest BCUT2D eigenvalue weighted by molar-refractivity contribution is 5.57. The first-order valence-electron chi connectivity index (χ1n) is 7.35. The molecule has 1 aliphatic rings. The van der Waals surface area contributed by atoms with Crippen molar-refractivity contribution in [2.45, 2.75) is 19.3 Å². The molecule has 1 atom stereocenters. The third kappa shape index (κ3) is 2.51. The van der Waals surface area contributed by atoms with Crippen LogP contribution in [0.4, 0.5) is 11.4 Å². The predicted molar refractivity (Wildman–Crippen MR) is 86.7 cm³/mol. The Balaban J connectivity index is 1.81. The van der Waals surface area contributed by atoms with Gasteiger partial charge in [-0.3, -0.25) is 0 Å². The minimum absolute atomic E-state index is 0.608. The highest BCUT2D eigenvalue weighted by atomic mass is 15.1. The molecule has 20 heavy (non-hydrogen) atoms. The minimum atomic E-state index is 0.608. The molecular weight excluding hydrogens is 244 g/mol. The smallest absolute Gasteiger partial charge is 0.0393 e. The monoisotopic (exact) mass is 266 g/mol. The predicted octanol–water partition coefficient (Wildman–Crippen LogP) is 4.03. The molecule has 1 aliphatic heterocycles. The van der Waals surface area contributed by atoms with Crippen molar-refractivity contribution in [3.63, 3.8) is 0 Å². The zero-order valence-corrected chi connectivity index (χ0v) is 12.3. The first-order valence-corrected chi connectivity index (χ1v) is 7.35. The first kappa shape index (κ1) is 13.0. The number of hydrogen-bond acceptors (Lipinski definition) is 2. The van der Waals surface area contributed by atoms with E-state index in [-0.39, 0.29) is 0 Å². The molecule has 0 saturated carbocycles. The highest BCUT2D eigenvalue weighted by Crippen LogP contribution is 2.32. The lowest BCUT2D eigenvalue weighted by molar-refractivity contribution is 0.619. The SMILES string of the molecule is Cc1ccccc1N(C)CC1CCNc2ccccc21. The normalized spacial score (nSPS) is 17.2. The van der Waals surface area contributed by atoms with Gasteiger partial charge in [-0.2, -0.15) is 0 Å². The van der Waals surface area contributed by atoms with Crippen molar-refractivity contribution in [1.82, 2.24) is 0 Å². The molecule has 2 nitrogen and oxygen atoms in total. The molecule has 0 aliphatic carbocycles. The third-order valence-electron chi connectivity index (χ3n) is 4.23. The van der Waals surface area contributed by atoms with Crippen molar-refractivity contribution in [3.05, 3.63) is 59.7 Å². The number of benzene rings is 2. The number of para-hydroxylation sites is 2. The van der Waals surface area contributed by atoms with Crippen molar-refractivity contribution in [2.24, 2.45) is 0 Å². The Morgan fingerprint density at radius 1 is 1.10 bits per heavy atom. The Hall–Kier alpha value is -1.96. The van der Waals surface area contributed by atoms with Crippen LogP contribution in [0.25, 0.3) is 0 Å². The van der Waals surface area contributed by atoms with Crippen LogP contribution >= 0.6 is 0 Å². The molecule has 0 aromatic heterocycles. The molecule has 0 bridgehead atoms. The molecule has 0 spiro atoms. The summed E-state index contributed by atoms with van der Waals surface area (Å²) in [5.41, 5.74) is 5.45. The van der Waals surface area contributed by atoms with E-state index in [4.69, 9.17) is 0 Å². The third-order valence-corrected chi connectivity index (χ3v) is 4.23. The molecule has 2 aromatic carbocycles. The first-order chi connectivity index (χ1) is 9.75. The Morgan fingerprint density at radius 3 is 2.70 bits per heavy atom. The van der Waals surface area contributed by atoms with Crippen molar-refractivity contribution in [3.8, 4) is 0 Å². The number of rotatable bonds is 3. The summed E-state index contributed by atoms with van der Waals surface area (Å²) in [6, 6.07) is 17.3. The maximum Gasteiger partial charge on any atom is 0.0393 e. The van der Waals surface area contributed by atoms with E-state index in [9.17, 15) is 0 Å². The summed E-state index contributed by atoms with van der Waals surface area (Å²) in [5, 5.41) is 3.50. The molecule has 0 amide bonds. The number of hydrogen-bond donors (Lipinski definition) is 1. The van der Waals surface area contributed by atoms with E-state index >= 15 is 0 Å². The van der Waals surface area contributed by atoms with E-state index in [1.165, 1.54) is 28.9 Å². The lowest BCUT2D eigenvalue weighted by Gasteiger charge is -2.31. The number of nitrogens with one attached hydrogen (secondary N) is 1. The van der Waals surface area contributed by atoms with Gasteiger partial charge in [0.1, 0.15) is 0 Å². The van der Waals surface area contributed by atoms with E-state index in [0.717, 1.165) is 13.1 Å². The molecule has 2 heteroatoms. The Labute approximate surface area is 121 Å². The van der Waals surface area contributed by atoms with Gasteiger partial charge in [-0.05, 0) is 36.6 Å². The second kappa shape index (κ2) is 5.58. The lowest BCUT2D eigenvalue weighted by atomic mass is 9.90. The standard InChI is InChI=1S/C18H22N2/c1-14-7-3-6-10-18(14)20(2)13-15-11-12-19-17-9-5-4-8-16(15)17/h3-10,15,19H,11-13H2,1-2H3. The van der Waals surface area contributed by atoms with E-state index in [1.807, 2.05) is 0 Å². The van der Waals surface area contributed by atoms with Crippen LogP contribution in [0.5, 0.6) is 0 Å². The summed E-state index contributed by atoms with van der Waals surface area (Å²) < 4.78 is 0. The second-order valence-electron chi connectivity index (χ2n) is 5.67. The molecule has 3 rings (SSSR count). The van der Waals surface area contributed by atoms with Crippen LogP contribution in [0.2, 0.25) is 0 Å². The van der Waals surface area contributed by atoms with Crippen LogP contribution in [-0.4, -0.2) is 20.1 Å². The van der Waals surface area contributed by atoms with Crippen LogP contribution in [0, 0.1) is 6.92 Å². The fourth-order valence-electron chi connectivity index (χ4n) is 3.16. The van der Waals surface area contributed by atoms with Crippen LogP contribution in [0.3, 0.4) is 0 Å². The van der Waals surface area contributed by atoms with E-state index in [1.54, 1.807) is 0 Å². The van der Waals surface area contributed by atoms with Gasteiger partial charge < -0.3 is 10.2 Å². The van der Waals surface area contributed by atoms with Crippen LogP contribution in [0.15, 0.2) is 48.5 Å². The maximum absolute atomic E-state index is 3.50. The van der Waals surface area contributed by atoms with Gasteiger partial charge in [-0.25, -0.2) is 0 Å². The second-order valence-corrected chi connectivity index (χ2v) is 5.67. The molecule has 1 heterocycles. The van der Waals surface area contributed by atoms with E-state index in [0.29, 0.717) is 5.92 Å². The van der Waals surface area contributed by atoms with Gasteiger partial charge in [0.25, 0.3) is 0 Å². The fourth-order valence-corrected chi connectivity index (χ4v) is 3.16. The molecule has 0 fully saturated rings. The van der Waals surface area contributed by atoms with Gasteiger partial charge in [-0.15, -0.1) is 0 Å². The molecule has 1 unspecified atom stereocenters. The Morgan fingerprint density at radius 2 is 1.85 bits per heavy atom. The van der Waals surface area contributed by atoms with Gasteiger partial charge in [-0.1, -0.05) is 36.4 Å². The average Bonchev–Trinajstić information content (AvgIpc) is 2.48. The van der Waals surface area contributed by atoms with Gasteiger partial charge in [0.2, 0.25) is 0 Å². The molecule has 0 radical (unpaired) electrons. The molecular formula is C18H22N2. The van der Waals surface area contributed by atoms with Gasteiger partial charge in [0, 0.05) is 37.4 Å². The van der Waals surface area contributed by atoms with Crippen molar-refractivity contribution in [1.29, 1.82) is 0 Å². The fraction of sp³-hybridized carbons (Fsp3) is 0.333. The lowest BCUT2D eigenvalue weighted by Crippen LogP contribution is -2.29. The Kier molecular flexibility index (Phi) is 3.64. The maximum atomic E-state index is 3.50. The van der Waals surface area contributed by atoms with E-state index in [2.05, 4.69) is 72.7 Å². The summed E-state index contributed by atoms with van der Waals surface area (Å²) >= 11 is 0. The number of fused-ring (bicyclic) bond motifs is 1. The van der Waals surface area contributed by atoms with Gasteiger partial charge in [0.15, 0.2) is 0 Å². The molecule has 0 saturated heterocycles. The van der Waals surface area contributed by atoms with Crippen LogP contribution in [0.1, 0.15) is 23.5 Å². The summed E-state index contributed by atoms with van der Waals surface area (Å²) in [6.45, 7) is 4.33. The summed E-state index contributed by atoms with van der Waals surface area (Å²) in [6.07, 6.45) is 1.20. The van der Waals surface area contributed by atoms with Crippen molar-refractivity contribution < 1.29 is 0 Å². The largest absolute Gasteiger partial charge is 0.385 e. The summed E-state index contributed by atoms with van der Waals surface area (Å²) in [5.74, 6) is 0.608. The van der Waals surface area contributed by atoms with Gasteiger partial charge in [0.05, 0.1) is 0 Å². The summed E-state index contributed by atoms with van der Waals surface area (Å²) in [4.78, 5) is 2.39. The van der Waals surface area contributed by atoms with Crippen molar-refractivity contribution >= 4 is 11.4 Å². The van der Waals surface area contributed by atoms with E-state index < -0.39 is 0 Å². The van der Waals surface area contributed by atoms with Crippen LogP contribution in [-0.2, 0) is 0 Å². The number of anilines is 2. The quantitative estimate of drug-likeness (QED) is 0.902.